The molecule has 1 aromatic heterocycles. The fraction of sp³-hybridized carbons (Fsp3) is 0.125. The average Bonchev–Trinajstić information content (AvgIpc) is 2.47. The first kappa shape index (κ1) is 13.8. The summed E-state index contributed by atoms with van der Waals surface area (Å²) in [5.74, 6) is -0.141. The molecule has 4 heteroatoms. The fourth-order valence-corrected chi connectivity index (χ4v) is 1.76. The van der Waals surface area contributed by atoms with Crippen molar-refractivity contribution in [3.63, 3.8) is 0 Å². The smallest absolute Gasteiger partial charge is 0.244 e. The highest BCUT2D eigenvalue weighted by Crippen LogP contribution is 2.10. The van der Waals surface area contributed by atoms with E-state index in [1.54, 1.807) is 30.6 Å². The summed E-state index contributed by atoms with van der Waals surface area (Å²) >= 11 is 0. The minimum Gasteiger partial charge on any atom is -0.399 e. The van der Waals surface area contributed by atoms with Crippen LogP contribution in [-0.4, -0.2) is 10.9 Å². The van der Waals surface area contributed by atoms with Gasteiger partial charge < -0.3 is 11.1 Å². The minimum absolute atomic E-state index is 0.0766. The second-order valence-electron chi connectivity index (χ2n) is 4.52. The number of nitrogens with two attached hydrogens (primary N) is 1. The highest BCUT2D eigenvalue weighted by atomic mass is 16.1. The molecular weight excluding hydrogens is 250 g/mol. The van der Waals surface area contributed by atoms with Gasteiger partial charge in [-0.25, -0.2) is 0 Å². The number of anilines is 1. The second-order valence-corrected chi connectivity index (χ2v) is 4.52. The zero-order valence-electron chi connectivity index (χ0n) is 11.3. The van der Waals surface area contributed by atoms with Gasteiger partial charge in [-0.3, -0.25) is 9.78 Å². The van der Waals surface area contributed by atoms with E-state index < -0.39 is 0 Å². The molecule has 2 rings (SSSR count). The first-order valence-corrected chi connectivity index (χ1v) is 6.39. The van der Waals surface area contributed by atoms with E-state index in [1.807, 2.05) is 31.2 Å². The van der Waals surface area contributed by atoms with Crippen LogP contribution in [0.1, 0.15) is 24.1 Å². The van der Waals surface area contributed by atoms with Crippen LogP contribution < -0.4 is 11.1 Å². The van der Waals surface area contributed by atoms with Crippen molar-refractivity contribution in [3.05, 3.63) is 66.0 Å². The van der Waals surface area contributed by atoms with E-state index in [-0.39, 0.29) is 11.9 Å². The molecule has 4 nitrogen and oxygen atoms in total. The van der Waals surface area contributed by atoms with Crippen molar-refractivity contribution in [2.45, 2.75) is 13.0 Å². The van der Waals surface area contributed by atoms with E-state index in [0.29, 0.717) is 5.69 Å². The third-order valence-electron chi connectivity index (χ3n) is 2.91. The fourth-order valence-electron chi connectivity index (χ4n) is 1.76. The van der Waals surface area contributed by atoms with E-state index >= 15 is 0 Å². The highest BCUT2D eigenvalue weighted by Gasteiger charge is 2.06. The molecule has 1 unspecified atom stereocenters. The zero-order valence-corrected chi connectivity index (χ0v) is 11.3. The molecule has 0 aliphatic rings. The lowest BCUT2D eigenvalue weighted by molar-refractivity contribution is -0.117. The molecule has 0 radical (unpaired) electrons. The van der Waals surface area contributed by atoms with Gasteiger partial charge in [-0.1, -0.05) is 18.2 Å². The Morgan fingerprint density at radius 3 is 2.70 bits per heavy atom. The van der Waals surface area contributed by atoms with Gasteiger partial charge in [0.2, 0.25) is 5.91 Å². The summed E-state index contributed by atoms with van der Waals surface area (Å²) in [6, 6.07) is 11.0. The van der Waals surface area contributed by atoms with Gasteiger partial charge in [-0.2, -0.15) is 0 Å². The van der Waals surface area contributed by atoms with Gasteiger partial charge >= 0.3 is 0 Å². The van der Waals surface area contributed by atoms with Gasteiger partial charge in [0.05, 0.1) is 6.04 Å². The number of nitrogens with one attached hydrogen (secondary N) is 1. The monoisotopic (exact) mass is 267 g/mol. The number of hydrogen-bond acceptors (Lipinski definition) is 3. The molecule has 1 aromatic carbocycles. The van der Waals surface area contributed by atoms with Crippen molar-refractivity contribution in [2.75, 3.05) is 5.73 Å². The van der Waals surface area contributed by atoms with Crippen LogP contribution >= 0.6 is 0 Å². The van der Waals surface area contributed by atoms with Gasteiger partial charge in [-0.15, -0.1) is 0 Å². The number of benzene rings is 1. The Bertz CT molecular complexity index is 591. The number of carbonyl (C=O) groups is 1. The van der Waals surface area contributed by atoms with Crippen LogP contribution in [0.15, 0.2) is 54.9 Å². The van der Waals surface area contributed by atoms with Crippen molar-refractivity contribution in [3.8, 4) is 0 Å². The quantitative estimate of drug-likeness (QED) is 0.660. The molecule has 1 atom stereocenters. The maximum atomic E-state index is 11.8. The van der Waals surface area contributed by atoms with E-state index in [2.05, 4.69) is 10.3 Å². The Morgan fingerprint density at radius 2 is 2.05 bits per heavy atom. The SMILES string of the molecule is CC(NC(=O)/C=C/c1ccc(N)cc1)c1cccnc1. The van der Waals surface area contributed by atoms with Crippen LogP contribution in [0.5, 0.6) is 0 Å². The number of pyridine rings is 1. The molecule has 2 aromatic rings. The Hall–Kier alpha value is -2.62. The van der Waals surface area contributed by atoms with Crippen LogP contribution in [0, 0.1) is 0 Å². The van der Waals surface area contributed by atoms with Crippen LogP contribution in [0.4, 0.5) is 5.69 Å². The molecule has 0 saturated carbocycles. The van der Waals surface area contributed by atoms with Crippen molar-refractivity contribution in [2.24, 2.45) is 0 Å². The van der Waals surface area contributed by atoms with Gasteiger partial charge in [0.15, 0.2) is 0 Å². The van der Waals surface area contributed by atoms with Gasteiger partial charge in [0.1, 0.15) is 0 Å². The Kier molecular flexibility index (Phi) is 4.50. The molecule has 0 bridgehead atoms. The summed E-state index contributed by atoms with van der Waals surface area (Å²) in [7, 11) is 0. The second kappa shape index (κ2) is 6.52. The number of rotatable bonds is 4. The first-order chi connectivity index (χ1) is 9.65. The minimum atomic E-state index is -0.141. The first-order valence-electron chi connectivity index (χ1n) is 6.39. The van der Waals surface area contributed by atoms with Crippen molar-refractivity contribution >= 4 is 17.7 Å². The third-order valence-corrected chi connectivity index (χ3v) is 2.91. The number of hydrogen-bond donors (Lipinski definition) is 2. The maximum absolute atomic E-state index is 11.8. The number of nitrogens with zero attached hydrogens (tertiary/aromatic N) is 1. The van der Waals surface area contributed by atoms with Crippen LogP contribution in [0.2, 0.25) is 0 Å². The predicted octanol–water partition coefficient (Wildman–Crippen LogP) is 2.55. The van der Waals surface area contributed by atoms with E-state index in [0.717, 1.165) is 11.1 Å². The van der Waals surface area contributed by atoms with Gasteiger partial charge in [0.25, 0.3) is 0 Å². The number of carbonyl (C=O) groups excluding carboxylic acids is 1. The number of amides is 1. The zero-order chi connectivity index (χ0) is 14.4. The number of nitrogen functional groups attached to an aromatic ring is 1. The lowest BCUT2D eigenvalue weighted by Gasteiger charge is -2.11. The summed E-state index contributed by atoms with van der Waals surface area (Å²) in [4.78, 5) is 15.9. The summed E-state index contributed by atoms with van der Waals surface area (Å²) in [5, 5.41) is 2.89. The summed E-state index contributed by atoms with van der Waals surface area (Å²) in [6.45, 7) is 1.92. The van der Waals surface area contributed by atoms with Crippen LogP contribution in [0.3, 0.4) is 0 Å². The molecule has 102 valence electrons. The predicted molar refractivity (Wildman–Crippen MR) is 80.7 cm³/mol. The van der Waals surface area contributed by atoms with E-state index in [4.69, 9.17) is 5.73 Å². The van der Waals surface area contributed by atoms with E-state index in [1.165, 1.54) is 6.08 Å². The average molecular weight is 267 g/mol. The summed E-state index contributed by atoms with van der Waals surface area (Å²) in [6.07, 6.45) is 6.72. The maximum Gasteiger partial charge on any atom is 0.244 e. The molecular formula is C16H17N3O. The van der Waals surface area contributed by atoms with Gasteiger partial charge in [-0.05, 0) is 42.3 Å². The molecule has 3 N–H and O–H groups in total. The van der Waals surface area contributed by atoms with E-state index in [9.17, 15) is 4.79 Å². The highest BCUT2D eigenvalue weighted by molar-refractivity contribution is 5.92. The van der Waals surface area contributed by atoms with Crippen LogP contribution in [-0.2, 0) is 4.79 Å². The molecule has 0 aliphatic carbocycles. The standard InChI is InChI=1S/C16H17N3O/c1-12(14-3-2-10-18-11-14)19-16(20)9-6-13-4-7-15(17)8-5-13/h2-12H,17H2,1H3,(H,19,20)/b9-6+. The normalized spacial score (nSPS) is 12.2. The molecule has 1 heterocycles. The lowest BCUT2D eigenvalue weighted by atomic mass is 10.1. The Labute approximate surface area is 118 Å². The topological polar surface area (TPSA) is 68.0 Å². The molecule has 0 saturated heterocycles. The number of aromatic nitrogens is 1. The molecule has 0 aliphatic heterocycles. The Morgan fingerprint density at radius 1 is 1.30 bits per heavy atom. The molecule has 1 amide bonds. The Balaban J connectivity index is 1.94. The van der Waals surface area contributed by atoms with Crippen molar-refractivity contribution in [1.82, 2.24) is 10.3 Å². The van der Waals surface area contributed by atoms with Crippen LogP contribution in [0.25, 0.3) is 6.08 Å². The lowest BCUT2D eigenvalue weighted by Crippen LogP contribution is -2.24. The molecule has 0 fully saturated rings. The summed E-state index contributed by atoms with van der Waals surface area (Å²) < 4.78 is 0. The van der Waals surface area contributed by atoms with Gasteiger partial charge in [0, 0.05) is 24.2 Å². The van der Waals surface area contributed by atoms with Crippen molar-refractivity contribution in [1.29, 1.82) is 0 Å². The third kappa shape index (κ3) is 3.95. The van der Waals surface area contributed by atoms with Crippen molar-refractivity contribution < 1.29 is 4.79 Å². The summed E-state index contributed by atoms with van der Waals surface area (Å²) in [5.41, 5.74) is 8.22. The largest absolute Gasteiger partial charge is 0.399 e. The molecule has 0 spiro atoms. The molecule has 20 heavy (non-hydrogen) atoms.